The molecule has 0 aromatic carbocycles. The largest absolute Gasteiger partial charge is 1.00 e. The van der Waals surface area contributed by atoms with Crippen LogP contribution in [0.4, 0.5) is 0 Å². The molecule has 1 rings (SSSR count). The van der Waals surface area contributed by atoms with Gasteiger partial charge in [-0.25, -0.2) is 0 Å². The van der Waals surface area contributed by atoms with Crippen LogP contribution in [0.5, 0.6) is 0 Å². The Morgan fingerprint density at radius 3 is 2.33 bits per heavy atom. The third-order valence-electron chi connectivity index (χ3n) is 2.07. The molecule has 0 aromatic rings. The Kier molecular flexibility index (Phi) is 6.27. The molecule has 1 unspecified atom stereocenters. The molecule has 1 fully saturated rings. The van der Waals surface area contributed by atoms with Gasteiger partial charge in [0, 0.05) is 0 Å². The van der Waals surface area contributed by atoms with E-state index in [0.29, 0.717) is 0 Å². The maximum Gasteiger partial charge on any atom is 1.00 e. The van der Waals surface area contributed by atoms with E-state index in [2.05, 4.69) is 20.3 Å². The van der Waals surface area contributed by atoms with Crippen LogP contribution in [0.1, 0.15) is 33.1 Å². The zero-order chi connectivity index (χ0) is 5.98. The summed E-state index contributed by atoms with van der Waals surface area (Å²) in [5.74, 6) is 1.83. The first-order valence-corrected chi connectivity index (χ1v) is 3.64. The number of rotatable bonds is 1. The second-order valence-corrected chi connectivity index (χ2v) is 3.07. The van der Waals surface area contributed by atoms with Crippen LogP contribution < -0.4 is 51.4 Å². The third kappa shape index (κ3) is 3.52. The van der Waals surface area contributed by atoms with Crippen LogP contribution in [0.15, 0.2) is 0 Å². The quantitative estimate of drug-likeness (QED) is 0.354. The predicted octanol–water partition coefficient (Wildman–Crippen LogP) is -0.349. The molecular weight excluding hydrogens is 135 g/mol. The fraction of sp³-hybridized carbons (Fsp3) is 0.875. The van der Waals surface area contributed by atoms with Gasteiger partial charge in [-0.2, -0.15) is 12.3 Å². The molecule has 0 amide bonds. The van der Waals surface area contributed by atoms with Gasteiger partial charge in [0.15, 0.2) is 0 Å². The monoisotopic (exact) mass is 150 g/mol. The van der Waals surface area contributed by atoms with Crippen LogP contribution in [0.25, 0.3) is 0 Å². The van der Waals surface area contributed by atoms with Gasteiger partial charge in [-0.1, -0.05) is 32.6 Å². The smallest absolute Gasteiger partial charge is 0.325 e. The second kappa shape index (κ2) is 5.31. The Labute approximate surface area is 101 Å². The van der Waals surface area contributed by atoms with Gasteiger partial charge in [-0.3, -0.25) is 0 Å². The van der Waals surface area contributed by atoms with E-state index in [9.17, 15) is 0 Å². The Balaban J connectivity index is 0.000000640. The van der Waals surface area contributed by atoms with Gasteiger partial charge in [0.2, 0.25) is 0 Å². The topological polar surface area (TPSA) is 0 Å². The molecule has 0 aliphatic heterocycles. The van der Waals surface area contributed by atoms with Crippen molar-refractivity contribution in [1.29, 1.82) is 0 Å². The van der Waals surface area contributed by atoms with Gasteiger partial charge in [-0.15, -0.1) is 0 Å². The van der Waals surface area contributed by atoms with Gasteiger partial charge in [0.1, 0.15) is 0 Å². The molecule has 1 saturated carbocycles. The van der Waals surface area contributed by atoms with E-state index in [1.165, 1.54) is 19.3 Å². The van der Waals surface area contributed by atoms with Crippen molar-refractivity contribution in [2.24, 2.45) is 11.8 Å². The van der Waals surface area contributed by atoms with E-state index in [1.54, 1.807) is 0 Å². The van der Waals surface area contributed by atoms with Crippen molar-refractivity contribution in [3.8, 4) is 0 Å². The minimum absolute atomic E-state index is 0. The maximum atomic E-state index is 2.48. The van der Waals surface area contributed by atoms with E-state index >= 15 is 0 Å². The zero-order valence-electron chi connectivity index (χ0n) is 6.85. The molecule has 1 atom stereocenters. The van der Waals surface area contributed by atoms with Crippen LogP contribution in [-0.2, 0) is 0 Å². The molecule has 0 bridgehead atoms. The summed E-state index contributed by atoms with van der Waals surface area (Å²) in [4.78, 5) is 0. The summed E-state index contributed by atoms with van der Waals surface area (Å²) in [6.45, 7) is 4.62. The Morgan fingerprint density at radius 2 is 2.11 bits per heavy atom. The van der Waals surface area contributed by atoms with E-state index in [4.69, 9.17) is 0 Å². The first-order chi connectivity index (χ1) is 3.80. The standard InChI is InChI=1S/C8H15.K/c1-7(2)8-5-3-4-6-8;/h5,7-8H,3-4,6H2,1-2H3;/q-1;+1. The third-order valence-corrected chi connectivity index (χ3v) is 2.07. The van der Waals surface area contributed by atoms with Crippen molar-refractivity contribution in [3.05, 3.63) is 6.42 Å². The average molecular weight is 150 g/mol. The summed E-state index contributed by atoms with van der Waals surface area (Å²) in [5.41, 5.74) is 0. The Morgan fingerprint density at radius 1 is 1.44 bits per heavy atom. The summed E-state index contributed by atoms with van der Waals surface area (Å²) >= 11 is 0. The summed E-state index contributed by atoms with van der Waals surface area (Å²) in [7, 11) is 0. The van der Waals surface area contributed by atoms with E-state index in [-0.39, 0.29) is 51.4 Å². The van der Waals surface area contributed by atoms with E-state index in [1.807, 2.05) is 0 Å². The molecule has 1 heteroatoms. The van der Waals surface area contributed by atoms with Crippen molar-refractivity contribution in [2.45, 2.75) is 33.1 Å². The van der Waals surface area contributed by atoms with Crippen molar-refractivity contribution >= 4 is 0 Å². The molecule has 48 valence electrons. The minimum atomic E-state index is 0. The van der Waals surface area contributed by atoms with Crippen LogP contribution in [0.2, 0.25) is 0 Å². The van der Waals surface area contributed by atoms with Crippen LogP contribution in [-0.4, -0.2) is 0 Å². The van der Waals surface area contributed by atoms with Gasteiger partial charge < -0.3 is 6.42 Å². The van der Waals surface area contributed by atoms with E-state index in [0.717, 1.165) is 11.8 Å². The first-order valence-electron chi connectivity index (χ1n) is 3.64. The molecule has 0 nitrogen and oxygen atoms in total. The fourth-order valence-corrected chi connectivity index (χ4v) is 1.41. The first kappa shape index (κ1) is 10.6. The Hall–Kier alpha value is 1.64. The summed E-state index contributed by atoms with van der Waals surface area (Å²) in [6.07, 6.45) is 6.72. The van der Waals surface area contributed by atoms with Gasteiger partial charge in [0.05, 0.1) is 0 Å². The fourth-order valence-electron chi connectivity index (χ4n) is 1.41. The zero-order valence-corrected chi connectivity index (χ0v) is 9.98. The maximum absolute atomic E-state index is 2.48. The molecule has 0 N–H and O–H groups in total. The molecule has 0 aromatic heterocycles. The van der Waals surface area contributed by atoms with Crippen molar-refractivity contribution in [3.63, 3.8) is 0 Å². The average Bonchev–Trinajstić information content (AvgIpc) is 2.12. The number of hydrogen-bond donors (Lipinski definition) is 0. The molecule has 1 aliphatic rings. The Bertz CT molecular complexity index is 63.0. The van der Waals surface area contributed by atoms with Crippen LogP contribution >= 0.6 is 0 Å². The van der Waals surface area contributed by atoms with Gasteiger partial charge in [0.25, 0.3) is 0 Å². The van der Waals surface area contributed by atoms with Crippen molar-refractivity contribution in [2.75, 3.05) is 0 Å². The summed E-state index contributed by atoms with van der Waals surface area (Å²) in [5, 5.41) is 0. The normalized spacial score (nSPS) is 26.3. The summed E-state index contributed by atoms with van der Waals surface area (Å²) in [6, 6.07) is 0. The molecule has 0 spiro atoms. The van der Waals surface area contributed by atoms with Crippen molar-refractivity contribution < 1.29 is 51.4 Å². The molecule has 9 heavy (non-hydrogen) atoms. The van der Waals surface area contributed by atoms with Crippen LogP contribution in [0, 0.1) is 18.3 Å². The molecule has 1 aliphatic carbocycles. The van der Waals surface area contributed by atoms with Crippen LogP contribution in [0.3, 0.4) is 0 Å². The predicted molar refractivity (Wildman–Crippen MR) is 36.5 cm³/mol. The van der Waals surface area contributed by atoms with Gasteiger partial charge >= 0.3 is 51.4 Å². The molecule has 0 saturated heterocycles. The second-order valence-electron chi connectivity index (χ2n) is 3.07. The van der Waals surface area contributed by atoms with Crippen molar-refractivity contribution in [1.82, 2.24) is 0 Å². The molecule has 0 radical (unpaired) electrons. The van der Waals surface area contributed by atoms with Gasteiger partial charge in [-0.05, 0) is 0 Å². The molecular formula is C8H15K. The number of hydrogen-bond acceptors (Lipinski definition) is 0. The minimum Gasteiger partial charge on any atom is -0.325 e. The summed E-state index contributed by atoms with van der Waals surface area (Å²) < 4.78 is 0. The SMILES string of the molecule is CC(C)C1[CH-]CCC1.[K+]. The molecule has 0 heterocycles. The van der Waals surface area contributed by atoms with E-state index < -0.39 is 0 Å².